The topological polar surface area (TPSA) is 77.8 Å². The monoisotopic (exact) mass is 304 g/mol. The van der Waals surface area contributed by atoms with Crippen LogP contribution in [0.15, 0.2) is 23.6 Å². The number of urea groups is 1. The first-order valence-electron chi connectivity index (χ1n) is 6.24. The summed E-state index contributed by atoms with van der Waals surface area (Å²) in [5.74, 6) is -0.517. The molecule has 108 valence electrons. The van der Waals surface area contributed by atoms with Gasteiger partial charge in [0, 0.05) is 18.3 Å². The second-order valence-electron chi connectivity index (χ2n) is 4.29. The van der Waals surface area contributed by atoms with Gasteiger partial charge in [-0.3, -0.25) is 0 Å². The quantitative estimate of drug-likeness (QED) is 0.911. The molecule has 0 unspecified atom stereocenters. The van der Waals surface area contributed by atoms with Crippen LogP contribution in [0.5, 0.6) is 0 Å². The number of amides is 2. The Morgan fingerprint density at radius 2 is 2.33 bits per heavy atom. The standard InChI is InChI=1S/C14H13FN4OS/c1-9-18-12(8-21-9)4-5-17-14(20)19-13-3-2-11(15)6-10(13)7-16/h2-3,6,8H,4-5H2,1H3,(H2,17,19,20). The molecule has 2 rings (SSSR count). The number of nitrogens with one attached hydrogen (secondary N) is 2. The van der Waals surface area contributed by atoms with Crippen molar-refractivity contribution in [2.24, 2.45) is 0 Å². The fourth-order valence-electron chi connectivity index (χ4n) is 1.71. The van der Waals surface area contributed by atoms with E-state index in [-0.39, 0.29) is 11.3 Å². The lowest BCUT2D eigenvalue weighted by atomic mass is 10.2. The lowest BCUT2D eigenvalue weighted by molar-refractivity contribution is 0.252. The van der Waals surface area contributed by atoms with E-state index >= 15 is 0 Å². The van der Waals surface area contributed by atoms with Gasteiger partial charge < -0.3 is 10.6 Å². The minimum Gasteiger partial charge on any atom is -0.337 e. The van der Waals surface area contributed by atoms with Gasteiger partial charge in [-0.2, -0.15) is 5.26 Å². The van der Waals surface area contributed by atoms with Gasteiger partial charge in [-0.15, -0.1) is 11.3 Å². The molecule has 0 saturated heterocycles. The molecule has 5 nitrogen and oxygen atoms in total. The normalized spacial score (nSPS) is 9.95. The van der Waals surface area contributed by atoms with Crippen LogP contribution in [0.3, 0.4) is 0 Å². The Balaban J connectivity index is 1.86. The van der Waals surface area contributed by atoms with Crippen molar-refractivity contribution < 1.29 is 9.18 Å². The summed E-state index contributed by atoms with van der Waals surface area (Å²) in [6.07, 6.45) is 0.631. The van der Waals surface area contributed by atoms with Gasteiger partial charge in [0.25, 0.3) is 0 Å². The van der Waals surface area contributed by atoms with Gasteiger partial charge in [-0.25, -0.2) is 14.2 Å². The van der Waals surface area contributed by atoms with Crippen molar-refractivity contribution in [1.29, 1.82) is 5.26 Å². The zero-order chi connectivity index (χ0) is 15.2. The molecule has 2 amide bonds. The van der Waals surface area contributed by atoms with E-state index in [1.165, 1.54) is 12.1 Å². The van der Waals surface area contributed by atoms with Crippen LogP contribution in [0.1, 0.15) is 16.3 Å². The number of thiazole rings is 1. The minimum absolute atomic E-state index is 0.0836. The van der Waals surface area contributed by atoms with Gasteiger partial charge in [0.15, 0.2) is 0 Å². The number of nitrogens with zero attached hydrogens (tertiary/aromatic N) is 2. The number of aryl methyl sites for hydroxylation is 1. The molecule has 0 bridgehead atoms. The van der Waals surface area contributed by atoms with Crippen molar-refractivity contribution in [2.75, 3.05) is 11.9 Å². The second kappa shape index (κ2) is 6.81. The van der Waals surface area contributed by atoms with Gasteiger partial charge in [0.05, 0.1) is 22.0 Å². The number of hydrogen-bond donors (Lipinski definition) is 2. The molecule has 1 aromatic carbocycles. The molecular formula is C14H13FN4OS. The number of halogens is 1. The third-order valence-electron chi connectivity index (χ3n) is 2.68. The number of hydrogen-bond acceptors (Lipinski definition) is 4. The molecule has 0 aliphatic rings. The molecule has 0 spiro atoms. The number of rotatable bonds is 4. The number of benzene rings is 1. The lowest BCUT2D eigenvalue weighted by Gasteiger charge is -2.08. The van der Waals surface area contributed by atoms with Gasteiger partial charge in [-0.05, 0) is 25.1 Å². The van der Waals surface area contributed by atoms with E-state index in [1.54, 1.807) is 11.3 Å². The highest BCUT2D eigenvalue weighted by molar-refractivity contribution is 7.09. The predicted octanol–water partition coefficient (Wildman–Crippen LogP) is 2.83. The van der Waals surface area contributed by atoms with Crippen LogP contribution in [0.2, 0.25) is 0 Å². The number of anilines is 1. The van der Waals surface area contributed by atoms with Gasteiger partial charge in [0.2, 0.25) is 0 Å². The summed E-state index contributed by atoms with van der Waals surface area (Å²) in [6.45, 7) is 2.35. The summed E-state index contributed by atoms with van der Waals surface area (Å²) in [5, 5.41) is 17.0. The van der Waals surface area contributed by atoms with Crippen molar-refractivity contribution in [3.8, 4) is 6.07 Å². The Morgan fingerprint density at radius 3 is 3.00 bits per heavy atom. The maximum absolute atomic E-state index is 13.0. The van der Waals surface area contributed by atoms with Crippen molar-refractivity contribution in [3.63, 3.8) is 0 Å². The summed E-state index contributed by atoms with van der Waals surface area (Å²) in [5.41, 5.74) is 1.29. The highest BCUT2D eigenvalue weighted by Crippen LogP contribution is 2.15. The van der Waals surface area contributed by atoms with E-state index in [9.17, 15) is 9.18 Å². The highest BCUT2D eigenvalue weighted by atomic mass is 32.1. The van der Waals surface area contributed by atoms with Crippen LogP contribution in [-0.2, 0) is 6.42 Å². The Kier molecular flexibility index (Phi) is 4.85. The molecule has 2 N–H and O–H groups in total. The molecule has 0 aliphatic heterocycles. The molecule has 2 aromatic rings. The average Bonchev–Trinajstić information content (AvgIpc) is 2.86. The molecule has 1 heterocycles. The zero-order valence-electron chi connectivity index (χ0n) is 11.3. The third-order valence-corrected chi connectivity index (χ3v) is 3.51. The summed E-state index contributed by atoms with van der Waals surface area (Å²) in [4.78, 5) is 16.0. The van der Waals surface area contributed by atoms with E-state index in [0.29, 0.717) is 13.0 Å². The zero-order valence-corrected chi connectivity index (χ0v) is 12.1. The second-order valence-corrected chi connectivity index (χ2v) is 5.35. The van der Waals surface area contributed by atoms with Crippen LogP contribution in [0.4, 0.5) is 14.9 Å². The summed E-state index contributed by atoms with van der Waals surface area (Å²) in [7, 11) is 0. The van der Waals surface area contributed by atoms with Crippen molar-refractivity contribution in [2.45, 2.75) is 13.3 Å². The molecular weight excluding hydrogens is 291 g/mol. The SMILES string of the molecule is Cc1nc(CCNC(=O)Nc2ccc(F)cc2C#N)cs1. The largest absolute Gasteiger partial charge is 0.337 e. The molecule has 0 atom stereocenters. The number of carbonyl (C=O) groups excluding carboxylic acids is 1. The Bertz CT molecular complexity index is 693. The van der Waals surface area contributed by atoms with Gasteiger partial charge in [0.1, 0.15) is 11.9 Å². The molecule has 21 heavy (non-hydrogen) atoms. The molecule has 7 heteroatoms. The van der Waals surface area contributed by atoms with Gasteiger partial charge >= 0.3 is 6.03 Å². The van der Waals surface area contributed by atoms with E-state index in [0.717, 1.165) is 16.8 Å². The molecule has 0 saturated carbocycles. The first-order valence-corrected chi connectivity index (χ1v) is 7.12. The lowest BCUT2D eigenvalue weighted by Crippen LogP contribution is -2.30. The third kappa shape index (κ3) is 4.26. The number of nitriles is 1. The van der Waals surface area contributed by atoms with Crippen LogP contribution in [0.25, 0.3) is 0 Å². The first kappa shape index (κ1) is 14.9. The van der Waals surface area contributed by atoms with Crippen LogP contribution < -0.4 is 10.6 Å². The van der Waals surface area contributed by atoms with Crippen molar-refractivity contribution in [1.82, 2.24) is 10.3 Å². The molecule has 0 aliphatic carbocycles. The van der Waals surface area contributed by atoms with E-state index in [4.69, 9.17) is 5.26 Å². The Labute approximate surface area is 125 Å². The Morgan fingerprint density at radius 1 is 1.52 bits per heavy atom. The van der Waals surface area contributed by atoms with Crippen molar-refractivity contribution >= 4 is 23.1 Å². The van der Waals surface area contributed by atoms with Crippen LogP contribution in [0, 0.1) is 24.1 Å². The molecule has 0 fully saturated rings. The summed E-state index contributed by atoms with van der Waals surface area (Å²) >= 11 is 1.56. The van der Waals surface area contributed by atoms with Crippen LogP contribution >= 0.6 is 11.3 Å². The first-order chi connectivity index (χ1) is 10.1. The van der Waals surface area contributed by atoms with Gasteiger partial charge in [-0.1, -0.05) is 0 Å². The summed E-state index contributed by atoms with van der Waals surface area (Å²) < 4.78 is 13.0. The predicted molar refractivity (Wildman–Crippen MR) is 78.7 cm³/mol. The van der Waals surface area contributed by atoms with E-state index in [2.05, 4.69) is 15.6 Å². The number of carbonyl (C=O) groups is 1. The average molecular weight is 304 g/mol. The fourth-order valence-corrected chi connectivity index (χ4v) is 2.36. The van der Waals surface area contributed by atoms with Crippen molar-refractivity contribution in [3.05, 3.63) is 45.7 Å². The molecule has 0 radical (unpaired) electrons. The minimum atomic E-state index is -0.517. The summed E-state index contributed by atoms with van der Waals surface area (Å²) in [6, 6.07) is 5.02. The smallest absolute Gasteiger partial charge is 0.319 e. The van der Waals surface area contributed by atoms with E-state index in [1.807, 2.05) is 18.4 Å². The van der Waals surface area contributed by atoms with E-state index < -0.39 is 11.8 Å². The Hall–Kier alpha value is -2.46. The van der Waals surface area contributed by atoms with Crippen LogP contribution in [-0.4, -0.2) is 17.6 Å². The fraction of sp³-hybridized carbons (Fsp3) is 0.214. The highest BCUT2D eigenvalue weighted by Gasteiger charge is 2.07. The maximum Gasteiger partial charge on any atom is 0.319 e. The molecule has 1 aromatic heterocycles. The number of aromatic nitrogens is 1. The maximum atomic E-state index is 13.0.